The molecule has 0 bridgehead atoms. The minimum atomic E-state index is -0.155. The number of carbonyl (C=O) groups is 1. The van der Waals surface area contributed by atoms with Gasteiger partial charge in [0, 0.05) is 32.7 Å². The molecule has 1 saturated heterocycles. The number of likely N-dealkylation sites (N-methyl/N-ethyl adjacent to an activating group) is 1. The molecule has 1 atom stereocenters. The minimum Gasteiger partial charge on any atom is -0.367 e. The van der Waals surface area contributed by atoms with Crippen LogP contribution in [-0.4, -0.2) is 50.2 Å². The number of urea groups is 1. The highest BCUT2D eigenvalue weighted by atomic mass is 16.2. The van der Waals surface area contributed by atoms with E-state index in [4.69, 9.17) is 0 Å². The van der Waals surface area contributed by atoms with Crippen molar-refractivity contribution in [1.29, 1.82) is 0 Å². The predicted molar refractivity (Wildman–Crippen MR) is 113 cm³/mol. The van der Waals surface area contributed by atoms with E-state index in [9.17, 15) is 4.79 Å². The fourth-order valence-corrected chi connectivity index (χ4v) is 3.47. The third kappa shape index (κ3) is 5.23. The summed E-state index contributed by atoms with van der Waals surface area (Å²) in [4.78, 5) is 17.2. The first-order valence-electron chi connectivity index (χ1n) is 9.83. The second-order valence-electron chi connectivity index (χ2n) is 7.09. The van der Waals surface area contributed by atoms with Crippen LogP contribution in [0.15, 0.2) is 54.6 Å². The van der Waals surface area contributed by atoms with Crippen molar-refractivity contribution in [3.8, 4) is 0 Å². The Morgan fingerprint density at radius 3 is 2.37 bits per heavy atom. The highest BCUT2D eigenvalue weighted by Gasteiger charge is 2.18. The Morgan fingerprint density at radius 1 is 1.00 bits per heavy atom. The summed E-state index contributed by atoms with van der Waals surface area (Å²) in [6, 6.07) is 18.2. The van der Waals surface area contributed by atoms with E-state index in [1.54, 1.807) is 0 Å². The zero-order valence-corrected chi connectivity index (χ0v) is 16.3. The van der Waals surface area contributed by atoms with E-state index >= 15 is 0 Å². The Balaban J connectivity index is 1.57. The topological polar surface area (TPSA) is 47.6 Å². The van der Waals surface area contributed by atoms with Gasteiger partial charge in [-0.2, -0.15) is 0 Å². The molecular formula is C22H30N4O. The van der Waals surface area contributed by atoms with E-state index in [2.05, 4.69) is 52.5 Å². The summed E-state index contributed by atoms with van der Waals surface area (Å²) in [6.45, 7) is 10.1. The van der Waals surface area contributed by atoms with Crippen molar-refractivity contribution >= 4 is 17.4 Å². The lowest BCUT2D eigenvalue weighted by atomic mass is 10.0. The lowest BCUT2D eigenvalue weighted by molar-refractivity contribution is 0.251. The van der Waals surface area contributed by atoms with E-state index in [1.807, 2.05) is 36.4 Å². The molecule has 0 aromatic heterocycles. The fourth-order valence-electron chi connectivity index (χ4n) is 3.47. The van der Waals surface area contributed by atoms with Crippen molar-refractivity contribution in [2.45, 2.75) is 19.8 Å². The molecule has 5 nitrogen and oxygen atoms in total. The molecule has 2 aromatic rings. The summed E-state index contributed by atoms with van der Waals surface area (Å²) in [5.41, 5.74) is 3.19. The van der Waals surface area contributed by atoms with Gasteiger partial charge in [0.25, 0.3) is 0 Å². The molecule has 3 rings (SSSR count). The molecule has 144 valence electrons. The highest BCUT2D eigenvalue weighted by molar-refractivity contribution is 5.93. The smallest absolute Gasteiger partial charge is 0.319 e. The molecule has 1 unspecified atom stereocenters. The molecule has 1 heterocycles. The Labute approximate surface area is 162 Å². The number of rotatable bonds is 6. The van der Waals surface area contributed by atoms with Gasteiger partial charge in [-0.1, -0.05) is 56.3 Å². The third-order valence-corrected chi connectivity index (χ3v) is 5.25. The van der Waals surface area contributed by atoms with Gasteiger partial charge in [-0.05, 0) is 30.2 Å². The van der Waals surface area contributed by atoms with Crippen molar-refractivity contribution in [1.82, 2.24) is 10.2 Å². The number of hydrogen-bond acceptors (Lipinski definition) is 3. The number of nitrogens with one attached hydrogen (secondary N) is 2. The van der Waals surface area contributed by atoms with Crippen LogP contribution in [0.3, 0.4) is 0 Å². The fraction of sp³-hybridized carbons (Fsp3) is 0.409. The van der Waals surface area contributed by atoms with Gasteiger partial charge in [-0.25, -0.2) is 4.79 Å². The van der Waals surface area contributed by atoms with Gasteiger partial charge in [0.2, 0.25) is 0 Å². The molecule has 0 spiro atoms. The second-order valence-corrected chi connectivity index (χ2v) is 7.09. The van der Waals surface area contributed by atoms with Crippen molar-refractivity contribution in [3.63, 3.8) is 0 Å². The molecule has 1 aliphatic rings. The predicted octanol–water partition coefficient (Wildman–Crippen LogP) is 3.75. The van der Waals surface area contributed by atoms with E-state index in [0.29, 0.717) is 6.54 Å². The largest absolute Gasteiger partial charge is 0.367 e. The van der Waals surface area contributed by atoms with E-state index in [1.165, 1.54) is 5.56 Å². The van der Waals surface area contributed by atoms with Crippen molar-refractivity contribution in [3.05, 3.63) is 60.2 Å². The summed E-state index contributed by atoms with van der Waals surface area (Å²) in [6.07, 6.45) is 0. The molecule has 0 saturated carbocycles. The first kappa shape index (κ1) is 19.2. The van der Waals surface area contributed by atoms with Crippen LogP contribution in [0.5, 0.6) is 0 Å². The van der Waals surface area contributed by atoms with Crippen LogP contribution in [0.4, 0.5) is 16.2 Å². The van der Waals surface area contributed by atoms with Crippen molar-refractivity contribution in [2.24, 2.45) is 0 Å². The summed E-state index contributed by atoms with van der Waals surface area (Å²) in [7, 11) is 0. The Bertz CT molecular complexity index is 726. The average molecular weight is 367 g/mol. The van der Waals surface area contributed by atoms with Crippen molar-refractivity contribution in [2.75, 3.05) is 49.5 Å². The Kier molecular flexibility index (Phi) is 6.71. The number of anilines is 2. The van der Waals surface area contributed by atoms with Crippen LogP contribution in [0.2, 0.25) is 0 Å². The molecule has 5 heteroatoms. The maximum Gasteiger partial charge on any atom is 0.319 e. The monoisotopic (exact) mass is 366 g/mol. The average Bonchev–Trinajstić information content (AvgIpc) is 2.73. The first-order chi connectivity index (χ1) is 13.2. The van der Waals surface area contributed by atoms with Gasteiger partial charge in [0.05, 0.1) is 11.4 Å². The lowest BCUT2D eigenvalue weighted by Gasteiger charge is -2.36. The number of hydrogen-bond donors (Lipinski definition) is 2. The number of benzene rings is 2. The van der Waals surface area contributed by atoms with Crippen LogP contribution in [0.1, 0.15) is 25.3 Å². The number of carbonyl (C=O) groups excluding carboxylic acids is 1. The van der Waals surface area contributed by atoms with Gasteiger partial charge < -0.3 is 20.4 Å². The molecule has 1 fully saturated rings. The molecule has 27 heavy (non-hydrogen) atoms. The third-order valence-electron chi connectivity index (χ3n) is 5.25. The molecule has 0 aliphatic carbocycles. The lowest BCUT2D eigenvalue weighted by Crippen LogP contribution is -2.46. The normalized spacial score (nSPS) is 16.0. The van der Waals surface area contributed by atoms with Gasteiger partial charge in [0.1, 0.15) is 0 Å². The summed E-state index contributed by atoms with van der Waals surface area (Å²) in [5.74, 6) is 0.273. The van der Waals surface area contributed by atoms with Gasteiger partial charge in [-0.3, -0.25) is 0 Å². The summed E-state index contributed by atoms with van der Waals surface area (Å²) in [5, 5.41) is 6.03. The zero-order chi connectivity index (χ0) is 19.1. The zero-order valence-electron chi connectivity index (χ0n) is 16.3. The molecule has 2 amide bonds. The van der Waals surface area contributed by atoms with Crippen LogP contribution in [0, 0.1) is 0 Å². The van der Waals surface area contributed by atoms with Crippen LogP contribution >= 0.6 is 0 Å². The maximum absolute atomic E-state index is 12.4. The van der Waals surface area contributed by atoms with Gasteiger partial charge >= 0.3 is 6.03 Å². The number of amides is 2. The maximum atomic E-state index is 12.4. The quantitative estimate of drug-likeness (QED) is 0.818. The summed E-state index contributed by atoms with van der Waals surface area (Å²) >= 11 is 0. The highest BCUT2D eigenvalue weighted by Crippen LogP contribution is 2.26. The standard InChI is InChI=1S/C22H30N4O/c1-3-25-13-15-26(16-14-25)21-12-8-7-11-20(21)24-22(27)23-17-18(2)19-9-5-4-6-10-19/h4-12,18H,3,13-17H2,1-2H3,(H2,23,24,27). The van der Waals surface area contributed by atoms with Crippen LogP contribution < -0.4 is 15.5 Å². The number of para-hydroxylation sites is 2. The van der Waals surface area contributed by atoms with Crippen molar-refractivity contribution < 1.29 is 4.79 Å². The number of piperazine rings is 1. The van der Waals surface area contributed by atoms with E-state index in [0.717, 1.165) is 44.1 Å². The number of nitrogens with zero attached hydrogens (tertiary/aromatic N) is 2. The first-order valence-corrected chi connectivity index (χ1v) is 9.83. The second kappa shape index (κ2) is 9.42. The molecule has 2 aromatic carbocycles. The molecule has 1 aliphatic heterocycles. The summed E-state index contributed by atoms with van der Waals surface area (Å²) < 4.78 is 0. The van der Waals surface area contributed by atoms with Crippen LogP contribution in [0.25, 0.3) is 0 Å². The van der Waals surface area contributed by atoms with E-state index in [-0.39, 0.29) is 11.9 Å². The van der Waals surface area contributed by atoms with Gasteiger partial charge in [-0.15, -0.1) is 0 Å². The van der Waals surface area contributed by atoms with Gasteiger partial charge in [0.15, 0.2) is 0 Å². The molecule has 0 radical (unpaired) electrons. The molecule has 2 N–H and O–H groups in total. The SMILES string of the molecule is CCN1CCN(c2ccccc2NC(=O)NCC(C)c2ccccc2)CC1. The minimum absolute atomic E-state index is 0.155. The van der Waals surface area contributed by atoms with E-state index < -0.39 is 0 Å². The molecular weight excluding hydrogens is 336 g/mol. The Hall–Kier alpha value is -2.53. The van der Waals surface area contributed by atoms with Crippen LogP contribution in [-0.2, 0) is 0 Å². The Morgan fingerprint density at radius 2 is 1.67 bits per heavy atom.